The Morgan fingerprint density at radius 1 is 1.32 bits per heavy atom. The van der Waals surface area contributed by atoms with Gasteiger partial charge in [-0.05, 0) is 25.1 Å². The normalized spacial score (nSPS) is 10.5. The van der Waals surface area contributed by atoms with Gasteiger partial charge in [0.15, 0.2) is 0 Å². The molecule has 0 spiro atoms. The lowest BCUT2D eigenvalue weighted by Gasteiger charge is -2.11. The number of nitrogens with one attached hydrogen (secondary N) is 1. The summed E-state index contributed by atoms with van der Waals surface area (Å²) in [5.74, 6) is 1.73. The average molecular weight is 294 g/mol. The van der Waals surface area contributed by atoms with E-state index in [2.05, 4.69) is 22.2 Å². The molecule has 0 bridgehead atoms. The first kappa shape index (κ1) is 14.2. The monoisotopic (exact) mass is 293 g/mol. The van der Waals surface area contributed by atoms with Gasteiger partial charge in [-0.3, -0.25) is 0 Å². The maximum atomic E-state index is 6.01. The van der Waals surface area contributed by atoms with E-state index in [0.717, 1.165) is 38.6 Å². The lowest BCUT2D eigenvalue weighted by molar-refractivity contribution is 0.874. The Balaban J connectivity index is 2.38. The van der Waals surface area contributed by atoms with E-state index in [4.69, 9.17) is 11.6 Å². The fourth-order valence-corrected chi connectivity index (χ4v) is 2.89. The molecule has 0 aliphatic rings. The molecule has 1 heterocycles. The molecule has 0 saturated carbocycles. The average Bonchev–Trinajstić information content (AvgIpc) is 2.41. The number of aromatic nitrogens is 2. The van der Waals surface area contributed by atoms with Crippen LogP contribution < -0.4 is 5.32 Å². The Morgan fingerprint density at radius 3 is 2.74 bits per heavy atom. The van der Waals surface area contributed by atoms with Crippen LogP contribution in [-0.2, 0) is 6.42 Å². The van der Waals surface area contributed by atoms with E-state index in [1.54, 1.807) is 11.8 Å². The molecule has 3 nitrogen and oxygen atoms in total. The molecule has 1 N–H and O–H groups in total. The third kappa shape index (κ3) is 3.39. The van der Waals surface area contributed by atoms with Gasteiger partial charge in [0.25, 0.3) is 0 Å². The molecule has 0 saturated heterocycles. The lowest BCUT2D eigenvalue weighted by atomic mass is 10.3. The van der Waals surface area contributed by atoms with Crippen LogP contribution in [0.4, 0.5) is 5.82 Å². The van der Waals surface area contributed by atoms with Crippen LogP contribution in [0.2, 0.25) is 5.02 Å². The standard InChI is InChI=1S/C14H16ClN3S/c1-4-12-17-13(16-3)9(2)14(18-12)19-11-7-5-6-10(15)8-11/h5-8H,4H2,1-3H3,(H,16,17,18). The molecule has 100 valence electrons. The highest BCUT2D eigenvalue weighted by molar-refractivity contribution is 7.99. The Hall–Kier alpha value is -1.26. The number of halogens is 1. The predicted molar refractivity (Wildman–Crippen MR) is 81.3 cm³/mol. The highest BCUT2D eigenvalue weighted by Gasteiger charge is 2.10. The molecule has 1 aromatic carbocycles. The van der Waals surface area contributed by atoms with Crippen LogP contribution in [0, 0.1) is 6.92 Å². The summed E-state index contributed by atoms with van der Waals surface area (Å²) in [6.45, 7) is 4.08. The van der Waals surface area contributed by atoms with Gasteiger partial charge in [-0.2, -0.15) is 0 Å². The number of rotatable bonds is 4. The summed E-state index contributed by atoms with van der Waals surface area (Å²) in [4.78, 5) is 10.1. The van der Waals surface area contributed by atoms with Crippen molar-refractivity contribution in [3.05, 3.63) is 40.7 Å². The molecule has 0 unspecified atom stereocenters. The van der Waals surface area contributed by atoms with Crippen LogP contribution in [0.15, 0.2) is 34.2 Å². The van der Waals surface area contributed by atoms with Gasteiger partial charge >= 0.3 is 0 Å². The molecule has 0 atom stereocenters. The number of aryl methyl sites for hydroxylation is 1. The predicted octanol–water partition coefficient (Wildman–Crippen LogP) is 4.19. The van der Waals surface area contributed by atoms with Crippen LogP contribution in [0.25, 0.3) is 0 Å². The summed E-state index contributed by atoms with van der Waals surface area (Å²) in [7, 11) is 1.88. The van der Waals surface area contributed by atoms with Crippen molar-refractivity contribution in [2.75, 3.05) is 12.4 Å². The van der Waals surface area contributed by atoms with E-state index in [1.807, 2.05) is 38.2 Å². The molecule has 0 radical (unpaired) electrons. The summed E-state index contributed by atoms with van der Waals surface area (Å²) >= 11 is 7.62. The highest BCUT2D eigenvalue weighted by Crippen LogP contribution is 2.32. The van der Waals surface area contributed by atoms with E-state index in [1.165, 1.54) is 0 Å². The summed E-state index contributed by atoms with van der Waals surface area (Å²) in [5, 5.41) is 4.83. The molecule has 0 fully saturated rings. The van der Waals surface area contributed by atoms with Crippen LogP contribution >= 0.6 is 23.4 Å². The zero-order valence-corrected chi connectivity index (χ0v) is 12.8. The second kappa shape index (κ2) is 6.26. The van der Waals surface area contributed by atoms with Gasteiger partial charge in [-0.1, -0.05) is 36.4 Å². The van der Waals surface area contributed by atoms with E-state index >= 15 is 0 Å². The Bertz CT molecular complexity index is 587. The van der Waals surface area contributed by atoms with Gasteiger partial charge in [-0.15, -0.1) is 0 Å². The van der Waals surface area contributed by atoms with Crippen molar-refractivity contribution < 1.29 is 0 Å². The van der Waals surface area contributed by atoms with Crippen LogP contribution in [0.5, 0.6) is 0 Å². The van der Waals surface area contributed by atoms with Crippen LogP contribution in [0.1, 0.15) is 18.3 Å². The van der Waals surface area contributed by atoms with Crippen molar-refractivity contribution in [2.24, 2.45) is 0 Å². The van der Waals surface area contributed by atoms with Crippen molar-refractivity contribution in [3.63, 3.8) is 0 Å². The van der Waals surface area contributed by atoms with E-state index in [0.29, 0.717) is 0 Å². The first-order valence-electron chi connectivity index (χ1n) is 6.12. The van der Waals surface area contributed by atoms with Crippen LogP contribution in [-0.4, -0.2) is 17.0 Å². The second-order valence-electron chi connectivity index (χ2n) is 4.08. The fourth-order valence-electron chi connectivity index (χ4n) is 1.68. The van der Waals surface area contributed by atoms with E-state index < -0.39 is 0 Å². The number of nitrogens with zero attached hydrogens (tertiary/aromatic N) is 2. The molecule has 0 amide bonds. The van der Waals surface area contributed by atoms with Crippen molar-refractivity contribution in [3.8, 4) is 0 Å². The maximum Gasteiger partial charge on any atom is 0.133 e. The molecular formula is C14H16ClN3S. The van der Waals surface area contributed by atoms with Gasteiger partial charge in [0, 0.05) is 29.0 Å². The Kier molecular flexibility index (Phi) is 4.66. The number of anilines is 1. The van der Waals surface area contributed by atoms with Crippen molar-refractivity contribution in [1.29, 1.82) is 0 Å². The minimum Gasteiger partial charge on any atom is -0.373 e. The number of hydrogen-bond acceptors (Lipinski definition) is 4. The van der Waals surface area contributed by atoms with Crippen molar-refractivity contribution in [2.45, 2.75) is 30.2 Å². The Morgan fingerprint density at radius 2 is 2.11 bits per heavy atom. The lowest BCUT2D eigenvalue weighted by Crippen LogP contribution is -2.04. The van der Waals surface area contributed by atoms with Crippen molar-refractivity contribution >= 4 is 29.2 Å². The quantitative estimate of drug-likeness (QED) is 0.858. The van der Waals surface area contributed by atoms with E-state index in [9.17, 15) is 0 Å². The van der Waals surface area contributed by atoms with Gasteiger partial charge in [0.1, 0.15) is 16.7 Å². The van der Waals surface area contributed by atoms with Gasteiger partial charge in [0.05, 0.1) is 0 Å². The highest BCUT2D eigenvalue weighted by atomic mass is 35.5. The van der Waals surface area contributed by atoms with Gasteiger partial charge in [0.2, 0.25) is 0 Å². The molecule has 0 aliphatic heterocycles. The number of hydrogen-bond donors (Lipinski definition) is 1. The maximum absolute atomic E-state index is 6.01. The van der Waals surface area contributed by atoms with Crippen LogP contribution in [0.3, 0.4) is 0 Å². The first-order valence-corrected chi connectivity index (χ1v) is 7.32. The summed E-state index contributed by atoms with van der Waals surface area (Å²) in [6.07, 6.45) is 0.818. The molecule has 2 aromatic rings. The largest absolute Gasteiger partial charge is 0.373 e. The Labute approximate surface area is 122 Å². The molecular weight excluding hydrogens is 278 g/mol. The molecule has 0 aliphatic carbocycles. The molecule has 1 aromatic heterocycles. The zero-order chi connectivity index (χ0) is 13.8. The zero-order valence-electron chi connectivity index (χ0n) is 11.2. The van der Waals surface area contributed by atoms with Gasteiger partial charge < -0.3 is 5.32 Å². The fraction of sp³-hybridized carbons (Fsp3) is 0.286. The van der Waals surface area contributed by atoms with Crippen molar-refractivity contribution in [1.82, 2.24) is 9.97 Å². The molecule has 2 rings (SSSR count). The second-order valence-corrected chi connectivity index (χ2v) is 5.58. The molecule has 5 heteroatoms. The third-order valence-electron chi connectivity index (χ3n) is 2.71. The first-order chi connectivity index (χ1) is 9.13. The molecule has 19 heavy (non-hydrogen) atoms. The SMILES string of the molecule is CCc1nc(NC)c(C)c(Sc2cccc(Cl)c2)n1. The number of benzene rings is 1. The third-order valence-corrected chi connectivity index (χ3v) is 4.03. The van der Waals surface area contributed by atoms with Gasteiger partial charge in [-0.25, -0.2) is 9.97 Å². The summed E-state index contributed by atoms with van der Waals surface area (Å²) < 4.78 is 0. The smallest absolute Gasteiger partial charge is 0.133 e. The summed E-state index contributed by atoms with van der Waals surface area (Å²) in [6, 6.07) is 7.79. The minimum absolute atomic E-state index is 0.737. The minimum atomic E-state index is 0.737. The summed E-state index contributed by atoms with van der Waals surface area (Å²) in [5.41, 5.74) is 1.06. The topological polar surface area (TPSA) is 37.8 Å². The van der Waals surface area contributed by atoms with E-state index in [-0.39, 0.29) is 0 Å².